The van der Waals surface area contributed by atoms with Gasteiger partial charge in [-0.2, -0.15) is 8.78 Å². The number of nitrogens with zero attached hydrogens (tertiary/aromatic N) is 1. The van der Waals surface area contributed by atoms with E-state index in [4.69, 9.17) is 40.2 Å². The van der Waals surface area contributed by atoms with Crippen molar-refractivity contribution in [2.45, 2.75) is 6.42 Å². The highest BCUT2D eigenvalue weighted by Gasteiger charge is 2.32. The third-order valence-electron chi connectivity index (χ3n) is 5.21. The molecule has 3 aromatic carbocycles. The van der Waals surface area contributed by atoms with E-state index in [2.05, 4.69) is 5.32 Å². The molecule has 202 valence electrons. The van der Waals surface area contributed by atoms with Gasteiger partial charge in [-0.3, -0.25) is 14.5 Å². The topological polar surface area (TPSA) is 58.6 Å². The molecule has 0 radical (unpaired) electrons. The fourth-order valence-corrected chi connectivity index (χ4v) is 5.05. The molecule has 1 heterocycles. The number of amides is 2. The van der Waals surface area contributed by atoms with E-state index in [0.717, 1.165) is 23.9 Å². The summed E-state index contributed by atoms with van der Waals surface area (Å²) in [5, 5.41) is 3.36. The number of halogens is 7. The Morgan fingerprint density at radius 3 is 2.21 bits per heavy atom. The quantitative estimate of drug-likeness (QED) is 0.0966. The van der Waals surface area contributed by atoms with Gasteiger partial charge >= 0.3 is 0 Å². The first-order valence-corrected chi connectivity index (χ1v) is 12.7. The number of rotatable bonds is 7. The smallest absolute Gasteiger partial charge is 0.266 e. The van der Waals surface area contributed by atoms with Crippen LogP contribution in [0.5, 0.6) is 11.5 Å². The van der Waals surface area contributed by atoms with Crippen LogP contribution in [0.25, 0.3) is 6.08 Å². The molecule has 0 spiro atoms. The number of carbonyl (C=O) groups is 2. The highest BCUT2D eigenvalue weighted by molar-refractivity contribution is 8.26. The number of carbonyl (C=O) groups excluding carboxylic acids is 2. The monoisotopic (exact) mass is 618 g/mol. The van der Waals surface area contributed by atoms with E-state index in [0.29, 0.717) is 20.5 Å². The highest BCUT2D eigenvalue weighted by atomic mass is 35.5. The zero-order chi connectivity index (χ0) is 28.4. The molecule has 4 rings (SSSR count). The minimum Gasteiger partial charge on any atom is -0.451 e. The van der Waals surface area contributed by atoms with E-state index in [1.165, 1.54) is 23.1 Å². The summed E-state index contributed by atoms with van der Waals surface area (Å²) in [6.07, 6.45) is 1.46. The first kappa shape index (κ1) is 28.8. The van der Waals surface area contributed by atoms with Crippen LogP contribution in [-0.2, 0) is 9.59 Å². The second-order valence-corrected chi connectivity index (χ2v) is 10.3. The molecule has 1 N–H and O–H groups in total. The lowest BCUT2D eigenvalue weighted by Crippen LogP contribution is -2.31. The van der Waals surface area contributed by atoms with Crippen LogP contribution >= 0.6 is 47.2 Å². The Morgan fingerprint density at radius 1 is 0.974 bits per heavy atom. The second-order valence-electron chi connectivity index (χ2n) is 7.82. The van der Waals surface area contributed by atoms with Crippen LogP contribution in [0.2, 0.25) is 10.0 Å². The van der Waals surface area contributed by atoms with Crippen LogP contribution in [0, 0.1) is 29.1 Å². The van der Waals surface area contributed by atoms with Gasteiger partial charge in [0.05, 0.1) is 4.91 Å². The minimum atomic E-state index is -2.30. The second kappa shape index (κ2) is 11.9. The molecule has 0 unspecified atom stereocenters. The lowest BCUT2D eigenvalue weighted by atomic mass is 10.2. The zero-order valence-electron chi connectivity index (χ0n) is 19.2. The van der Waals surface area contributed by atoms with Crippen LogP contribution in [0.15, 0.2) is 47.4 Å². The number of hydrogen-bond donors (Lipinski definition) is 1. The van der Waals surface area contributed by atoms with Crippen molar-refractivity contribution >= 4 is 75.1 Å². The molecular weight excluding hydrogens is 606 g/mol. The Kier molecular flexibility index (Phi) is 8.80. The van der Waals surface area contributed by atoms with E-state index in [1.54, 1.807) is 18.2 Å². The predicted molar refractivity (Wildman–Crippen MR) is 142 cm³/mol. The predicted octanol–water partition coefficient (Wildman–Crippen LogP) is 7.71. The van der Waals surface area contributed by atoms with Crippen LogP contribution in [0.1, 0.15) is 12.0 Å². The SMILES string of the molecule is O=C(CCN1C(=O)C(=Cc2ccc(Cl)cc2Cl)SC1=S)Nc1ccc(Oc2c(F)c(F)c(F)c(F)c2F)cc1. The maximum atomic E-state index is 13.8. The first-order chi connectivity index (χ1) is 18.5. The number of hydrogen-bond acceptors (Lipinski definition) is 5. The minimum absolute atomic E-state index is 0.0103. The van der Waals surface area contributed by atoms with Crippen LogP contribution < -0.4 is 10.1 Å². The molecule has 14 heteroatoms. The molecular formula is C25H13Cl2F5N2O3S2. The van der Waals surface area contributed by atoms with Crippen molar-refractivity contribution in [3.63, 3.8) is 0 Å². The van der Waals surface area contributed by atoms with Gasteiger partial charge in [0.2, 0.25) is 40.7 Å². The highest BCUT2D eigenvalue weighted by Crippen LogP contribution is 2.35. The lowest BCUT2D eigenvalue weighted by molar-refractivity contribution is -0.122. The molecule has 0 atom stereocenters. The van der Waals surface area contributed by atoms with Gasteiger partial charge in [-0.05, 0) is 48.0 Å². The Labute approximate surface area is 237 Å². The zero-order valence-corrected chi connectivity index (χ0v) is 22.3. The molecule has 1 saturated heterocycles. The number of thioether (sulfide) groups is 1. The third-order valence-corrected chi connectivity index (χ3v) is 7.15. The van der Waals surface area contributed by atoms with Crippen molar-refractivity contribution in [2.24, 2.45) is 0 Å². The van der Waals surface area contributed by atoms with E-state index in [9.17, 15) is 31.5 Å². The van der Waals surface area contributed by atoms with Gasteiger partial charge in [0, 0.05) is 28.7 Å². The molecule has 0 saturated carbocycles. The Balaban J connectivity index is 1.35. The molecule has 1 aliphatic rings. The number of ether oxygens (including phenoxy) is 1. The average molecular weight is 619 g/mol. The van der Waals surface area contributed by atoms with E-state index >= 15 is 0 Å². The third kappa shape index (κ3) is 6.35. The summed E-state index contributed by atoms with van der Waals surface area (Å²) in [4.78, 5) is 26.8. The summed E-state index contributed by atoms with van der Waals surface area (Å²) in [7, 11) is 0. The Hall–Kier alpha value is -3.19. The van der Waals surface area contributed by atoms with Gasteiger partial charge in [0.25, 0.3) is 5.91 Å². The maximum Gasteiger partial charge on any atom is 0.266 e. The molecule has 0 aromatic heterocycles. The van der Waals surface area contributed by atoms with Crippen LogP contribution in [0.4, 0.5) is 27.6 Å². The van der Waals surface area contributed by atoms with E-state index in [1.807, 2.05) is 0 Å². The van der Waals surface area contributed by atoms with E-state index in [-0.39, 0.29) is 28.7 Å². The molecule has 39 heavy (non-hydrogen) atoms. The Morgan fingerprint density at radius 2 is 1.59 bits per heavy atom. The Bertz CT molecular complexity index is 1510. The molecule has 0 bridgehead atoms. The molecule has 1 fully saturated rings. The average Bonchev–Trinajstić information content (AvgIpc) is 3.17. The molecule has 0 aliphatic carbocycles. The number of thiocarbonyl (C=S) groups is 1. The van der Waals surface area contributed by atoms with Crippen molar-refractivity contribution < 1.29 is 36.3 Å². The van der Waals surface area contributed by atoms with E-state index < -0.39 is 46.6 Å². The van der Waals surface area contributed by atoms with Gasteiger partial charge < -0.3 is 10.1 Å². The van der Waals surface area contributed by atoms with Crippen molar-refractivity contribution in [3.05, 3.63) is 92.1 Å². The lowest BCUT2D eigenvalue weighted by Gasteiger charge is -2.14. The summed E-state index contributed by atoms with van der Waals surface area (Å²) in [6, 6.07) is 9.71. The van der Waals surface area contributed by atoms with Crippen molar-refractivity contribution in [1.82, 2.24) is 4.90 Å². The van der Waals surface area contributed by atoms with Gasteiger partial charge in [-0.1, -0.05) is 53.2 Å². The van der Waals surface area contributed by atoms with Gasteiger partial charge in [-0.25, -0.2) is 13.2 Å². The summed E-state index contributed by atoms with van der Waals surface area (Å²) >= 11 is 18.4. The standard InChI is InChI=1S/C25H13Cl2F5N2O3S2/c26-12-2-1-11(15(27)10-12)9-16-24(36)34(25(38)39-16)8-7-17(35)33-13-3-5-14(6-4-13)37-23-21(31)19(29)18(28)20(30)22(23)32/h1-6,9-10H,7-8H2,(H,33,35). The molecule has 3 aromatic rings. The van der Waals surface area contributed by atoms with Crippen LogP contribution in [0.3, 0.4) is 0 Å². The van der Waals surface area contributed by atoms with Gasteiger partial charge in [0.15, 0.2) is 0 Å². The summed E-state index contributed by atoms with van der Waals surface area (Å²) in [5.41, 5.74) is 0.819. The molecule has 2 amide bonds. The fraction of sp³-hybridized carbons (Fsp3) is 0.0800. The van der Waals surface area contributed by atoms with Gasteiger partial charge in [0.1, 0.15) is 10.1 Å². The first-order valence-electron chi connectivity index (χ1n) is 10.8. The fourth-order valence-electron chi connectivity index (χ4n) is 3.29. The number of benzene rings is 3. The normalized spacial score (nSPS) is 14.3. The number of anilines is 1. The molecule has 5 nitrogen and oxygen atoms in total. The molecule has 1 aliphatic heterocycles. The van der Waals surface area contributed by atoms with Gasteiger partial charge in [-0.15, -0.1) is 0 Å². The van der Waals surface area contributed by atoms with Crippen molar-refractivity contribution in [3.8, 4) is 11.5 Å². The summed E-state index contributed by atoms with van der Waals surface area (Å²) < 4.78 is 72.6. The largest absolute Gasteiger partial charge is 0.451 e. The van der Waals surface area contributed by atoms with Crippen molar-refractivity contribution in [2.75, 3.05) is 11.9 Å². The van der Waals surface area contributed by atoms with Crippen molar-refractivity contribution in [1.29, 1.82) is 0 Å². The summed E-state index contributed by atoms with van der Waals surface area (Å²) in [5.74, 6) is -13.4. The van der Waals surface area contributed by atoms with Crippen LogP contribution in [-0.4, -0.2) is 27.6 Å². The number of nitrogens with one attached hydrogen (secondary N) is 1. The summed E-state index contributed by atoms with van der Waals surface area (Å²) in [6.45, 7) is -0.0103. The maximum absolute atomic E-state index is 13.8.